The highest BCUT2D eigenvalue weighted by Gasteiger charge is 2.22. The summed E-state index contributed by atoms with van der Waals surface area (Å²) in [5.74, 6) is 0.230. The van der Waals surface area contributed by atoms with Gasteiger partial charge in [-0.2, -0.15) is 0 Å². The van der Waals surface area contributed by atoms with E-state index in [0.717, 1.165) is 16.7 Å². The predicted octanol–water partition coefficient (Wildman–Crippen LogP) is 3.39. The van der Waals surface area contributed by atoms with Gasteiger partial charge in [0.1, 0.15) is 11.5 Å². The molecule has 0 aromatic heterocycles. The van der Waals surface area contributed by atoms with E-state index in [9.17, 15) is 9.90 Å². The second kappa shape index (κ2) is 6.98. The third-order valence-corrected chi connectivity index (χ3v) is 3.38. The fourth-order valence-corrected chi connectivity index (χ4v) is 2.30. The molecule has 0 saturated heterocycles. The van der Waals surface area contributed by atoms with Crippen molar-refractivity contribution < 1.29 is 19.4 Å². The molecule has 1 atom stereocenters. The molecule has 0 amide bonds. The maximum atomic E-state index is 11.5. The number of carboxylic acids is 1. The molecule has 2 aromatic carbocycles. The molecule has 22 heavy (non-hydrogen) atoms. The van der Waals surface area contributed by atoms with Crippen molar-refractivity contribution in [3.8, 4) is 11.5 Å². The lowest BCUT2D eigenvalue weighted by molar-refractivity contribution is -0.145. The minimum atomic E-state index is -0.995. The minimum absolute atomic E-state index is 0.244. The van der Waals surface area contributed by atoms with Gasteiger partial charge >= 0.3 is 5.97 Å². The van der Waals surface area contributed by atoms with Crippen molar-refractivity contribution >= 4 is 5.97 Å². The monoisotopic (exact) mass is 300 g/mol. The Morgan fingerprint density at radius 3 is 2.50 bits per heavy atom. The van der Waals surface area contributed by atoms with Crippen molar-refractivity contribution in [3.05, 3.63) is 59.2 Å². The predicted molar refractivity (Wildman–Crippen MR) is 84.7 cm³/mol. The van der Waals surface area contributed by atoms with E-state index in [1.807, 2.05) is 50.2 Å². The first-order valence-electron chi connectivity index (χ1n) is 7.09. The molecule has 0 unspecified atom stereocenters. The summed E-state index contributed by atoms with van der Waals surface area (Å²) in [6, 6.07) is 13.1. The van der Waals surface area contributed by atoms with E-state index in [1.165, 1.54) is 0 Å². The molecule has 0 aliphatic heterocycles. The number of rotatable bonds is 6. The van der Waals surface area contributed by atoms with Gasteiger partial charge in [-0.3, -0.25) is 0 Å². The molecule has 0 saturated carbocycles. The largest absolute Gasteiger partial charge is 0.496 e. The van der Waals surface area contributed by atoms with Gasteiger partial charge in [0.2, 0.25) is 0 Å². The number of hydrogen-bond acceptors (Lipinski definition) is 3. The van der Waals surface area contributed by atoms with Crippen LogP contribution in [0.2, 0.25) is 0 Å². The van der Waals surface area contributed by atoms with E-state index in [1.54, 1.807) is 13.2 Å². The van der Waals surface area contributed by atoms with Crippen LogP contribution in [0.4, 0.5) is 0 Å². The second-order valence-electron chi connectivity index (χ2n) is 5.28. The summed E-state index contributed by atoms with van der Waals surface area (Å²) >= 11 is 0. The number of ether oxygens (including phenoxy) is 2. The van der Waals surface area contributed by atoms with Crippen molar-refractivity contribution in [2.24, 2.45) is 0 Å². The molecule has 1 N–H and O–H groups in total. The number of hydrogen-bond donors (Lipinski definition) is 1. The van der Waals surface area contributed by atoms with Crippen molar-refractivity contribution in [3.63, 3.8) is 0 Å². The van der Waals surface area contributed by atoms with Crippen molar-refractivity contribution in [2.75, 3.05) is 7.11 Å². The standard InChI is InChI=1S/C18H20O4/c1-12-5-4-6-15(10-12)22-17(18(19)20)11-14-9-13(2)7-8-16(14)21-3/h4-10,17H,11H2,1-3H3,(H,19,20)/t17-/m0/s1. The Hall–Kier alpha value is -2.49. The van der Waals surface area contributed by atoms with Crippen LogP contribution >= 0.6 is 0 Å². The average molecular weight is 300 g/mol. The highest BCUT2D eigenvalue weighted by Crippen LogP contribution is 2.23. The summed E-state index contributed by atoms with van der Waals surface area (Å²) in [5, 5.41) is 9.43. The summed E-state index contributed by atoms with van der Waals surface area (Å²) in [7, 11) is 1.57. The lowest BCUT2D eigenvalue weighted by atomic mass is 10.0. The highest BCUT2D eigenvalue weighted by atomic mass is 16.5. The van der Waals surface area contributed by atoms with Crippen LogP contribution in [0, 0.1) is 13.8 Å². The Bertz CT molecular complexity index is 664. The fourth-order valence-electron chi connectivity index (χ4n) is 2.30. The quantitative estimate of drug-likeness (QED) is 0.888. The molecule has 0 aliphatic carbocycles. The van der Waals surface area contributed by atoms with Crippen molar-refractivity contribution in [2.45, 2.75) is 26.4 Å². The fraction of sp³-hybridized carbons (Fsp3) is 0.278. The molecule has 0 heterocycles. The minimum Gasteiger partial charge on any atom is -0.496 e. The Morgan fingerprint density at radius 1 is 1.14 bits per heavy atom. The summed E-state index contributed by atoms with van der Waals surface area (Å²) < 4.78 is 10.9. The van der Waals surface area contributed by atoms with E-state index in [4.69, 9.17) is 9.47 Å². The molecule has 4 nitrogen and oxygen atoms in total. The number of benzene rings is 2. The van der Waals surface area contributed by atoms with Crippen LogP contribution in [-0.2, 0) is 11.2 Å². The van der Waals surface area contributed by atoms with E-state index in [0.29, 0.717) is 11.5 Å². The Labute approximate surface area is 130 Å². The molecular formula is C18H20O4. The number of aliphatic carboxylic acids is 1. The smallest absolute Gasteiger partial charge is 0.345 e. The first-order chi connectivity index (χ1) is 10.5. The third-order valence-electron chi connectivity index (χ3n) is 3.38. The topological polar surface area (TPSA) is 55.8 Å². The normalized spacial score (nSPS) is 11.8. The lowest BCUT2D eigenvalue weighted by Gasteiger charge is -2.17. The zero-order valence-corrected chi connectivity index (χ0v) is 13.0. The van der Waals surface area contributed by atoms with Gasteiger partial charge in [-0.05, 0) is 43.2 Å². The summed E-state index contributed by atoms with van der Waals surface area (Å²) in [6.07, 6.45) is -0.716. The molecule has 0 aliphatic rings. The number of carbonyl (C=O) groups is 1. The van der Waals surface area contributed by atoms with Crippen LogP contribution in [0.25, 0.3) is 0 Å². The van der Waals surface area contributed by atoms with Crippen LogP contribution in [0.1, 0.15) is 16.7 Å². The lowest BCUT2D eigenvalue weighted by Crippen LogP contribution is -2.29. The molecular weight excluding hydrogens is 280 g/mol. The van der Waals surface area contributed by atoms with Gasteiger partial charge in [-0.25, -0.2) is 4.79 Å². The molecule has 0 spiro atoms. The molecule has 116 valence electrons. The first-order valence-corrected chi connectivity index (χ1v) is 7.09. The van der Waals surface area contributed by atoms with Crippen LogP contribution in [0.15, 0.2) is 42.5 Å². The highest BCUT2D eigenvalue weighted by molar-refractivity contribution is 5.73. The maximum absolute atomic E-state index is 11.5. The summed E-state index contributed by atoms with van der Waals surface area (Å²) in [6.45, 7) is 3.90. The number of aryl methyl sites for hydroxylation is 2. The third kappa shape index (κ3) is 4.01. The van der Waals surface area contributed by atoms with Crippen LogP contribution in [-0.4, -0.2) is 24.3 Å². The molecule has 2 aromatic rings. The van der Waals surface area contributed by atoms with Crippen LogP contribution in [0.5, 0.6) is 11.5 Å². The van der Waals surface area contributed by atoms with E-state index < -0.39 is 12.1 Å². The van der Waals surface area contributed by atoms with Crippen LogP contribution < -0.4 is 9.47 Å². The average Bonchev–Trinajstić information content (AvgIpc) is 2.47. The number of carboxylic acid groups (broad SMARTS) is 1. The maximum Gasteiger partial charge on any atom is 0.345 e. The van der Waals surface area contributed by atoms with Gasteiger partial charge in [-0.15, -0.1) is 0 Å². The molecule has 2 rings (SSSR count). The van der Waals surface area contributed by atoms with E-state index in [-0.39, 0.29) is 6.42 Å². The summed E-state index contributed by atoms with van der Waals surface area (Å²) in [4.78, 5) is 11.5. The second-order valence-corrected chi connectivity index (χ2v) is 5.28. The molecule has 0 fully saturated rings. The van der Waals surface area contributed by atoms with Gasteiger partial charge in [-0.1, -0.05) is 29.8 Å². The first kappa shape index (κ1) is 15.9. The van der Waals surface area contributed by atoms with Crippen molar-refractivity contribution in [1.82, 2.24) is 0 Å². The van der Waals surface area contributed by atoms with Gasteiger partial charge in [0.15, 0.2) is 6.10 Å². The molecule has 4 heteroatoms. The number of methoxy groups -OCH3 is 1. The van der Waals surface area contributed by atoms with Gasteiger partial charge in [0.05, 0.1) is 7.11 Å². The van der Waals surface area contributed by atoms with Crippen molar-refractivity contribution in [1.29, 1.82) is 0 Å². The van der Waals surface area contributed by atoms with E-state index in [2.05, 4.69) is 0 Å². The SMILES string of the molecule is COc1ccc(C)cc1C[C@H](Oc1cccc(C)c1)C(=O)O. The van der Waals surface area contributed by atoms with Crippen LogP contribution in [0.3, 0.4) is 0 Å². The van der Waals surface area contributed by atoms with Gasteiger partial charge in [0.25, 0.3) is 0 Å². The Balaban J connectivity index is 2.22. The Morgan fingerprint density at radius 2 is 1.86 bits per heavy atom. The molecule has 0 bridgehead atoms. The molecule has 0 radical (unpaired) electrons. The summed E-state index contributed by atoms with van der Waals surface area (Å²) in [5.41, 5.74) is 2.90. The van der Waals surface area contributed by atoms with E-state index >= 15 is 0 Å². The zero-order valence-electron chi connectivity index (χ0n) is 13.0. The van der Waals surface area contributed by atoms with Gasteiger partial charge in [0, 0.05) is 6.42 Å². The van der Waals surface area contributed by atoms with Gasteiger partial charge < -0.3 is 14.6 Å². The Kier molecular flexibility index (Phi) is 5.04. The zero-order chi connectivity index (χ0) is 16.1.